The van der Waals surface area contributed by atoms with E-state index in [1.807, 2.05) is 0 Å². The summed E-state index contributed by atoms with van der Waals surface area (Å²) in [5.74, 6) is 0. The molecule has 0 spiro atoms. The van der Waals surface area contributed by atoms with Gasteiger partial charge in [-0.25, -0.2) is 0 Å². The molecule has 0 heterocycles. The van der Waals surface area contributed by atoms with Crippen LogP contribution in [0.3, 0.4) is 0 Å². The van der Waals surface area contributed by atoms with Gasteiger partial charge >= 0.3 is 0 Å². The fourth-order valence-corrected chi connectivity index (χ4v) is 1.46. The highest BCUT2D eigenvalue weighted by molar-refractivity contribution is 4.79. The molecule has 0 aromatic heterocycles. The van der Waals surface area contributed by atoms with Crippen LogP contribution < -0.4 is 5.73 Å². The van der Waals surface area contributed by atoms with Gasteiger partial charge in [0.25, 0.3) is 0 Å². The first-order chi connectivity index (χ1) is 6.29. The van der Waals surface area contributed by atoms with E-state index in [0.717, 1.165) is 6.54 Å². The van der Waals surface area contributed by atoms with E-state index in [9.17, 15) is 0 Å². The summed E-state index contributed by atoms with van der Waals surface area (Å²) in [5, 5.41) is 0. The zero-order chi connectivity index (χ0) is 11.4. The van der Waals surface area contributed by atoms with Gasteiger partial charge in [0.2, 0.25) is 0 Å². The Bertz CT molecular complexity index is 154. The average molecular weight is 202 g/mol. The molecule has 0 bridgehead atoms. The van der Waals surface area contributed by atoms with E-state index in [1.54, 1.807) is 7.11 Å². The summed E-state index contributed by atoms with van der Waals surface area (Å²) in [5.41, 5.74) is 6.19. The van der Waals surface area contributed by atoms with Gasteiger partial charge in [-0.15, -0.1) is 0 Å². The van der Waals surface area contributed by atoms with Crippen molar-refractivity contribution >= 4 is 0 Å². The third-order valence-electron chi connectivity index (χ3n) is 2.82. The first kappa shape index (κ1) is 13.9. The maximum atomic E-state index is 5.90. The number of hydrogen-bond acceptors (Lipinski definition) is 3. The van der Waals surface area contributed by atoms with Crippen molar-refractivity contribution in [3.8, 4) is 0 Å². The topological polar surface area (TPSA) is 38.5 Å². The van der Waals surface area contributed by atoms with Crippen LogP contribution in [0.1, 0.15) is 27.7 Å². The third-order valence-corrected chi connectivity index (χ3v) is 2.82. The van der Waals surface area contributed by atoms with Crippen molar-refractivity contribution in [3.05, 3.63) is 0 Å². The molecule has 0 rings (SSSR count). The minimum atomic E-state index is 0.106. The second-order valence-corrected chi connectivity index (χ2v) is 5.20. The molecule has 2 N–H and O–H groups in total. The lowest BCUT2D eigenvalue weighted by atomic mass is 9.87. The van der Waals surface area contributed by atoms with Gasteiger partial charge in [-0.05, 0) is 19.4 Å². The predicted octanol–water partition coefficient (Wildman–Crippen LogP) is 1.33. The molecule has 0 aliphatic heterocycles. The van der Waals surface area contributed by atoms with E-state index in [1.165, 1.54) is 0 Å². The van der Waals surface area contributed by atoms with Crippen LogP contribution in [0, 0.1) is 5.41 Å². The Labute approximate surface area is 88.6 Å². The zero-order valence-electron chi connectivity index (χ0n) is 10.5. The smallest absolute Gasteiger partial charge is 0.0626 e. The Balaban J connectivity index is 4.01. The molecular weight excluding hydrogens is 176 g/mol. The van der Waals surface area contributed by atoms with Crippen molar-refractivity contribution in [2.45, 2.75) is 39.8 Å². The van der Waals surface area contributed by atoms with Crippen molar-refractivity contribution in [2.75, 3.05) is 27.3 Å². The molecule has 14 heavy (non-hydrogen) atoms. The highest BCUT2D eigenvalue weighted by Crippen LogP contribution is 2.22. The SMILES string of the molecule is COCC(N)CN(C)C(C)C(C)(C)C. The maximum absolute atomic E-state index is 5.90. The molecule has 0 radical (unpaired) electrons. The van der Waals surface area contributed by atoms with Gasteiger partial charge in [0.15, 0.2) is 0 Å². The summed E-state index contributed by atoms with van der Waals surface area (Å²) in [6.45, 7) is 10.5. The fraction of sp³-hybridized carbons (Fsp3) is 1.00. The number of nitrogens with zero attached hydrogens (tertiary/aromatic N) is 1. The van der Waals surface area contributed by atoms with E-state index >= 15 is 0 Å². The van der Waals surface area contributed by atoms with Crippen molar-refractivity contribution in [1.29, 1.82) is 0 Å². The molecule has 0 aromatic rings. The molecule has 86 valence electrons. The van der Waals surface area contributed by atoms with E-state index in [2.05, 4.69) is 39.6 Å². The number of likely N-dealkylation sites (N-methyl/N-ethyl adjacent to an activating group) is 1. The fourth-order valence-electron chi connectivity index (χ4n) is 1.46. The summed E-state index contributed by atoms with van der Waals surface area (Å²) in [4.78, 5) is 2.30. The number of nitrogens with two attached hydrogens (primary N) is 1. The molecule has 2 atom stereocenters. The highest BCUT2D eigenvalue weighted by atomic mass is 16.5. The molecule has 0 aliphatic rings. The summed E-state index contributed by atoms with van der Waals surface area (Å²) in [6, 6.07) is 0.625. The lowest BCUT2D eigenvalue weighted by Crippen LogP contribution is -2.46. The van der Waals surface area contributed by atoms with Crippen molar-refractivity contribution in [3.63, 3.8) is 0 Å². The van der Waals surface area contributed by atoms with Crippen molar-refractivity contribution in [2.24, 2.45) is 11.1 Å². The molecule has 2 unspecified atom stereocenters. The number of rotatable bonds is 5. The first-order valence-electron chi connectivity index (χ1n) is 5.23. The van der Waals surface area contributed by atoms with Gasteiger partial charge in [0.1, 0.15) is 0 Å². The Hall–Kier alpha value is -0.120. The Morgan fingerprint density at radius 3 is 2.21 bits per heavy atom. The van der Waals surface area contributed by atoms with E-state index in [4.69, 9.17) is 10.5 Å². The Morgan fingerprint density at radius 1 is 1.36 bits per heavy atom. The van der Waals surface area contributed by atoms with Crippen LogP contribution >= 0.6 is 0 Å². The van der Waals surface area contributed by atoms with Crippen LogP contribution in [-0.4, -0.2) is 44.3 Å². The molecule has 0 amide bonds. The average Bonchev–Trinajstić information content (AvgIpc) is 2.01. The minimum absolute atomic E-state index is 0.106. The number of hydrogen-bond donors (Lipinski definition) is 1. The van der Waals surface area contributed by atoms with E-state index in [0.29, 0.717) is 18.1 Å². The quantitative estimate of drug-likeness (QED) is 0.731. The lowest BCUT2D eigenvalue weighted by molar-refractivity contribution is 0.109. The van der Waals surface area contributed by atoms with E-state index < -0.39 is 0 Å². The number of ether oxygens (including phenoxy) is 1. The van der Waals surface area contributed by atoms with Crippen molar-refractivity contribution in [1.82, 2.24) is 4.90 Å². The van der Waals surface area contributed by atoms with E-state index in [-0.39, 0.29) is 6.04 Å². The predicted molar refractivity (Wildman–Crippen MR) is 61.4 cm³/mol. The first-order valence-corrected chi connectivity index (χ1v) is 5.23. The second kappa shape index (κ2) is 5.69. The van der Waals surface area contributed by atoms with Crippen LogP contribution in [0.5, 0.6) is 0 Å². The van der Waals surface area contributed by atoms with Crippen LogP contribution in [0.4, 0.5) is 0 Å². The molecule has 0 saturated carbocycles. The molecule has 3 heteroatoms. The summed E-state index contributed by atoms with van der Waals surface area (Å²) >= 11 is 0. The third kappa shape index (κ3) is 4.94. The second-order valence-electron chi connectivity index (χ2n) is 5.20. The number of methoxy groups -OCH3 is 1. The normalized spacial score (nSPS) is 17.1. The summed E-state index contributed by atoms with van der Waals surface area (Å²) in [6.07, 6.45) is 0. The summed E-state index contributed by atoms with van der Waals surface area (Å²) in [7, 11) is 3.80. The molecule has 0 aromatic carbocycles. The minimum Gasteiger partial charge on any atom is -0.383 e. The van der Waals surface area contributed by atoms with Gasteiger partial charge in [0, 0.05) is 25.7 Å². The highest BCUT2D eigenvalue weighted by Gasteiger charge is 2.24. The van der Waals surface area contributed by atoms with Gasteiger partial charge < -0.3 is 15.4 Å². The van der Waals surface area contributed by atoms with Crippen molar-refractivity contribution < 1.29 is 4.74 Å². The molecular formula is C11H26N2O. The van der Waals surface area contributed by atoms with Crippen LogP contribution in [0.2, 0.25) is 0 Å². The molecule has 0 aliphatic carbocycles. The van der Waals surface area contributed by atoms with Crippen LogP contribution in [-0.2, 0) is 4.74 Å². The zero-order valence-corrected chi connectivity index (χ0v) is 10.5. The van der Waals surface area contributed by atoms with Gasteiger partial charge in [-0.3, -0.25) is 0 Å². The lowest BCUT2D eigenvalue weighted by Gasteiger charge is -2.36. The molecule has 0 saturated heterocycles. The van der Waals surface area contributed by atoms with Gasteiger partial charge in [0.05, 0.1) is 6.61 Å². The molecule has 0 fully saturated rings. The maximum Gasteiger partial charge on any atom is 0.0626 e. The standard InChI is InChI=1S/C11H26N2O/c1-9(11(2,3)4)13(5)7-10(12)8-14-6/h9-10H,7-8,12H2,1-6H3. The Kier molecular flexibility index (Phi) is 5.64. The van der Waals surface area contributed by atoms with Gasteiger partial charge in [-0.2, -0.15) is 0 Å². The Morgan fingerprint density at radius 2 is 1.86 bits per heavy atom. The van der Waals surface area contributed by atoms with Crippen LogP contribution in [0.25, 0.3) is 0 Å². The summed E-state index contributed by atoms with van der Waals surface area (Å²) < 4.78 is 5.02. The van der Waals surface area contributed by atoms with Crippen LogP contribution in [0.15, 0.2) is 0 Å². The largest absolute Gasteiger partial charge is 0.383 e. The van der Waals surface area contributed by atoms with Gasteiger partial charge in [-0.1, -0.05) is 20.8 Å². The monoisotopic (exact) mass is 202 g/mol. The molecule has 3 nitrogen and oxygen atoms in total.